The molecule has 0 radical (unpaired) electrons. The molecule has 0 aliphatic carbocycles. The van der Waals surface area contributed by atoms with Crippen LogP contribution in [0.1, 0.15) is 16.7 Å². The highest BCUT2D eigenvalue weighted by molar-refractivity contribution is 5.63. The molecule has 2 heteroatoms. The van der Waals surface area contributed by atoms with E-state index in [1.54, 1.807) is 0 Å². The zero-order chi connectivity index (χ0) is 15.9. The van der Waals surface area contributed by atoms with Gasteiger partial charge in [-0.15, -0.1) is 0 Å². The number of hydrogen-bond acceptors (Lipinski definition) is 2. The molecule has 0 spiro atoms. The van der Waals surface area contributed by atoms with Gasteiger partial charge in [-0.3, -0.25) is 0 Å². The summed E-state index contributed by atoms with van der Waals surface area (Å²) in [6, 6.07) is 19.3. The summed E-state index contributed by atoms with van der Waals surface area (Å²) in [7, 11) is 0. The minimum absolute atomic E-state index is 1.14. The van der Waals surface area contributed by atoms with Crippen molar-refractivity contribution in [3.8, 4) is 0 Å². The molecule has 0 atom stereocenters. The van der Waals surface area contributed by atoms with Crippen LogP contribution in [0.15, 0.2) is 74.3 Å². The fraction of sp³-hybridized carbons (Fsp3) is 0. The number of nitrogens with one attached hydrogen (secondary N) is 2. The van der Waals surface area contributed by atoms with E-state index in [4.69, 9.17) is 10.8 Å². The molecule has 0 bridgehead atoms. The van der Waals surface area contributed by atoms with E-state index in [2.05, 4.69) is 19.7 Å². The summed E-state index contributed by atoms with van der Waals surface area (Å²) < 4.78 is 0. The van der Waals surface area contributed by atoms with Gasteiger partial charge in [0.25, 0.3) is 0 Å². The Kier molecular flexibility index (Phi) is 10.4. The van der Waals surface area contributed by atoms with E-state index in [-0.39, 0.29) is 0 Å². The Balaban J connectivity index is 0.000000327. The molecule has 2 aromatic carbocycles. The third kappa shape index (κ3) is 7.93. The summed E-state index contributed by atoms with van der Waals surface area (Å²) in [5, 5.41) is 11.2. The molecule has 0 amide bonds. The van der Waals surface area contributed by atoms with Crippen LogP contribution in [0.25, 0.3) is 18.2 Å². The second-order valence-corrected chi connectivity index (χ2v) is 3.78. The van der Waals surface area contributed by atoms with Crippen LogP contribution in [0.3, 0.4) is 0 Å². The van der Waals surface area contributed by atoms with Gasteiger partial charge in [0.2, 0.25) is 0 Å². The van der Waals surface area contributed by atoms with E-state index in [9.17, 15) is 0 Å². The van der Waals surface area contributed by atoms with E-state index in [0.29, 0.717) is 0 Å². The Morgan fingerprint density at radius 2 is 1.05 bits per heavy atom. The van der Waals surface area contributed by atoms with Crippen molar-refractivity contribution in [1.82, 2.24) is 0 Å². The summed E-state index contributed by atoms with van der Waals surface area (Å²) in [5.74, 6) is 0. The maximum Gasteiger partial charge on any atom is 0.0831 e. The maximum atomic E-state index is 5.62. The summed E-state index contributed by atoms with van der Waals surface area (Å²) in [6.45, 7) is 11.0. The molecular formula is C19H20N2. The van der Waals surface area contributed by atoms with Gasteiger partial charge in [-0.1, -0.05) is 92.6 Å². The van der Waals surface area contributed by atoms with Crippen LogP contribution < -0.4 is 0 Å². The Hall–Kier alpha value is -2.96. The molecule has 2 N–H and O–H groups in total. The van der Waals surface area contributed by atoms with E-state index < -0.39 is 0 Å². The van der Waals surface area contributed by atoms with Gasteiger partial charge >= 0.3 is 0 Å². The Morgan fingerprint density at radius 1 is 0.667 bits per heavy atom. The van der Waals surface area contributed by atoms with E-state index in [0.717, 1.165) is 11.1 Å². The maximum absolute atomic E-state index is 5.62. The van der Waals surface area contributed by atoms with Crippen LogP contribution in [0.5, 0.6) is 0 Å². The molecule has 21 heavy (non-hydrogen) atoms. The van der Waals surface area contributed by atoms with Gasteiger partial charge in [-0.05, 0) is 16.7 Å². The quantitative estimate of drug-likeness (QED) is 0.683. The van der Waals surface area contributed by atoms with Crippen molar-refractivity contribution in [2.75, 3.05) is 0 Å². The van der Waals surface area contributed by atoms with Crippen molar-refractivity contribution in [2.24, 2.45) is 0 Å². The number of hydrogen-bond donors (Lipinski definition) is 2. The lowest BCUT2D eigenvalue weighted by atomic mass is 10.1. The van der Waals surface area contributed by atoms with Gasteiger partial charge in [-0.2, -0.15) is 0 Å². The molecule has 0 saturated carbocycles. The molecule has 106 valence electrons. The molecule has 0 saturated heterocycles. The standard InChI is InChI=1S/C10H10.C8H8.CH2N2/c1-3-9-7-5-6-8-10(9)4-2;1-2-8-6-4-3-5-7-8;2-1-3/h3-8H,1-2H2;2-7H,1H2;2-3H. The van der Waals surface area contributed by atoms with Crippen molar-refractivity contribution in [1.29, 1.82) is 10.8 Å². The van der Waals surface area contributed by atoms with E-state index in [1.165, 1.54) is 11.6 Å². The Morgan fingerprint density at radius 3 is 1.33 bits per heavy atom. The topological polar surface area (TPSA) is 47.7 Å². The van der Waals surface area contributed by atoms with Gasteiger partial charge in [0.15, 0.2) is 0 Å². The average Bonchev–Trinajstić information content (AvgIpc) is 2.56. The lowest BCUT2D eigenvalue weighted by molar-refractivity contribution is 1.47. The smallest absolute Gasteiger partial charge is 0.0831 e. The zero-order valence-electron chi connectivity index (χ0n) is 12.0. The first kappa shape index (κ1) is 18.0. The van der Waals surface area contributed by atoms with Crippen molar-refractivity contribution >= 4 is 24.2 Å². The first-order valence-electron chi connectivity index (χ1n) is 6.33. The van der Waals surface area contributed by atoms with E-state index >= 15 is 0 Å². The second kappa shape index (κ2) is 12.1. The normalized spacial score (nSPS) is 7.81. The fourth-order valence-electron chi connectivity index (χ4n) is 1.47. The molecule has 2 nitrogen and oxygen atoms in total. The van der Waals surface area contributed by atoms with Gasteiger partial charge in [0.05, 0.1) is 6.01 Å². The molecular weight excluding hydrogens is 256 g/mol. The molecule has 0 aliphatic heterocycles. The van der Waals surface area contributed by atoms with Crippen LogP contribution in [-0.2, 0) is 0 Å². The largest absolute Gasteiger partial charge is 0.242 e. The summed E-state index contributed by atoms with van der Waals surface area (Å²) >= 11 is 0. The highest BCUT2D eigenvalue weighted by atomic mass is 14.4. The number of rotatable bonds is 3. The minimum atomic E-state index is 1.14. The van der Waals surface area contributed by atoms with Gasteiger partial charge in [0, 0.05) is 0 Å². The second-order valence-electron chi connectivity index (χ2n) is 3.78. The van der Waals surface area contributed by atoms with Crippen molar-refractivity contribution in [2.45, 2.75) is 0 Å². The van der Waals surface area contributed by atoms with Crippen molar-refractivity contribution in [3.05, 3.63) is 91.0 Å². The van der Waals surface area contributed by atoms with Gasteiger partial charge in [0.1, 0.15) is 0 Å². The zero-order valence-corrected chi connectivity index (χ0v) is 12.0. The molecule has 0 unspecified atom stereocenters. The van der Waals surface area contributed by atoms with Gasteiger partial charge < -0.3 is 0 Å². The molecule has 0 fully saturated rings. The Bertz CT molecular complexity index is 565. The highest BCUT2D eigenvalue weighted by Gasteiger charge is 1.89. The fourth-order valence-corrected chi connectivity index (χ4v) is 1.47. The van der Waals surface area contributed by atoms with Crippen LogP contribution in [0.4, 0.5) is 0 Å². The van der Waals surface area contributed by atoms with Crippen molar-refractivity contribution in [3.63, 3.8) is 0 Å². The van der Waals surface area contributed by atoms with Crippen LogP contribution >= 0.6 is 0 Å². The minimum Gasteiger partial charge on any atom is -0.242 e. The summed E-state index contributed by atoms with van der Waals surface area (Å²) in [4.78, 5) is 0. The predicted molar refractivity (Wildman–Crippen MR) is 93.6 cm³/mol. The van der Waals surface area contributed by atoms with Gasteiger partial charge in [-0.25, -0.2) is 10.8 Å². The number of benzene rings is 2. The molecule has 0 aliphatic rings. The highest BCUT2D eigenvalue weighted by Crippen LogP contribution is 2.10. The van der Waals surface area contributed by atoms with Crippen LogP contribution in [0.2, 0.25) is 0 Å². The lowest BCUT2D eigenvalue weighted by Gasteiger charge is -1.96. The van der Waals surface area contributed by atoms with Crippen LogP contribution in [0, 0.1) is 10.8 Å². The summed E-state index contributed by atoms with van der Waals surface area (Å²) in [5.41, 5.74) is 3.45. The molecule has 0 heterocycles. The van der Waals surface area contributed by atoms with E-state index in [1.807, 2.05) is 72.8 Å². The Labute approximate surface area is 126 Å². The molecule has 0 aromatic heterocycles. The predicted octanol–water partition coefficient (Wildman–Crippen LogP) is 5.62. The first-order chi connectivity index (χ1) is 10.2. The molecule has 2 aromatic rings. The third-order valence-electron chi connectivity index (χ3n) is 2.47. The SMILES string of the molecule is C=Cc1ccccc1.C=Cc1ccccc1C=C.N=C=N. The monoisotopic (exact) mass is 276 g/mol. The third-order valence-corrected chi connectivity index (χ3v) is 2.47. The summed E-state index contributed by atoms with van der Waals surface area (Å²) in [6.07, 6.45) is 5.49. The molecule has 2 rings (SSSR count). The average molecular weight is 276 g/mol. The van der Waals surface area contributed by atoms with Crippen LogP contribution in [-0.4, -0.2) is 6.01 Å². The first-order valence-corrected chi connectivity index (χ1v) is 6.33. The lowest BCUT2D eigenvalue weighted by Crippen LogP contribution is -1.76. The van der Waals surface area contributed by atoms with Crippen molar-refractivity contribution < 1.29 is 0 Å².